The van der Waals surface area contributed by atoms with Crippen molar-refractivity contribution in [2.24, 2.45) is 0 Å². The molecule has 0 aromatic heterocycles. The fourth-order valence-corrected chi connectivity index (χ4v) is 2.52. The highest BCUT2D eigenvalue weighted by Gasteiger charge is 1.94. The minimum Gasteiger partial charge on any atom is -0.363 e. The molecule has 0 spiro atoms. The predicted octanol–water partition coefficient (Wildman–Crippen LogP) is 1.54. The van der Waals surface area contributed by atoms with Gasteiger partial charge in [-0.25, -0.2) is 0 Å². The molecule has 0 saturated heterocycles. The van der Waals surface area contributed by atoms with Gasteiger partial charge in [-0.05, 0) is 90.1 Å². The normalized spacial score (nSPS) is 9.46. The third kappa shape index (κ3) is 23.9. The molecule has 6 nitrogen and oxygen atoms in total. The van der Waals surface area contributed by atoms with Crippen LogP contribution in [-0.2, 0) is 0 Å². The monoisotopic (exact) mass is 448 g/mol. The van der Waals surface area contributed by atoms with Crippen LogP contribution in [0.5, 0.6) is 0 Å². The van der Waals surface area contributed by atoms with Crippen molar-refractivity contribution in [2.45, 2.75) is 39.5 Å². The number of hydrogen-bond acceptors (Lipinski definition) is 4. The smallest absolute Gasteiger partial charge is 0.166 e. The Labute approximate surface area is 183 Å². The van der Waals surface area contributed by atoms with Crippen LogP contribution in [0.25, 0.3) is 0 Å². The Hall–Kier alpha value is -0.120. The molecule has 158 valence electrons. The fourth-order valence-electron chi connectivity index (χ4n) is 2.03. The Bertz CT molecular complexity index is 295. The molecule has 0 aromatic rings. The van der Waals surface area contributed by atoms with Crippen LogP contribution in [0.15, 0.2) is 0 Å². The van der Waals surface area contributed by atoms with Crippen LogP contribution < -0.4 is 31.9 Å². The van der Waals surface area contributed by atoms with Crippen LogP contribution in [0, 0.1) is 0 Å². The van der Waals surface area contributed by atoms with E-state index in [1.165, 1.54) is 12.8 Å². The molecular formula is C16H38Cl2N6S2. The first-order valence-corrected chi connectivity index (χ1v) is 9.97. The second kappa shape index (κ2) is 24.9. The maximum absolute atomic E-state index is 5.10. The van der Waals surface area contributed by atoms with Gasteiger partial charge >= 0.3 is 0 Å². The largest absolute Gasteiger partial charge is 0.363 e. The maximum atomic E-state index is 5.10. The summed E-state index contributed by atoms with van der Waals surface area (Å²) < 4.78 is 0. The minimum atomic E-state index is 0. The van der Waals surface area contributed by atoms with Crippen LogP contribution in [0.4, 0.5) is 0 Å². The van der Waals surface area contributed by atoms with Gasteiger partial charge in [-0.15, -0.1) is 24.8 Å². The predicted molar refractivity (Wildman–Crippen MR) is 127 cm³/mol. The Morgan fingerprint density at radius 2 is 0.885 bits per heavy atom. The summed E-state index contributed by atoms with van der Waals surface area (Å²) in [5.74, 6) is 0. The Morgan fingerprint density at radius 1 is 0.538 bits per heavy atom. The molecule has 6 N–H and O–H groups in total. The second-order valence-corrected chi connectivity index (χ2v) is 6.30. The van der Waals surface area contributed by atoms with Crippen LogP contribution in [-0.4, -0.2) is 62.6 Å². The molecule has 0 saturated carbocycles. The highest BCUT2D eigenvalue weighted by atomic mass is 35.5. The van der Waals surface area contributed by atoms with Gasteiger partial charge in [0.2, 0.25) is 0 Å². The number of rotatable bonds is 15. The highest BCUT2D eigenvalue weighted by molar-refractivity contribution is 7.80. The van der Waals surface area contributed by atoms with Gasteiger partial charge in [0.1, 0.15) is 0 Å². The van der Waals surface area contributed by atoms with E-state index in [-0.39, 0.29) is 24.8 Å². The zero-order chi connectivity index (χ0) is 17.9. The number of halogens is 2. The van der Waals surface area contributed by atoms with E-state index in [9.17, 15) is 0 Å². The number of unbranched alkanes of at least 4 members (excludes halogenated alkanes) is 1. The summed E-state index contributed by atoms with van der Waals surface area (Å²) in [6.45, 7) is 11.9. The summed E-state index contributed by atoms with van der Waals surface area (Å²) in [5, 5.41) is 21.0. The Balaban J connectivity index is -0.00000264. The molecule has 0 aliphatic carbocycles. The van der Waals surface area contributed by atoms with E-state index >= 15 is 0 Å². The molecule has 0 radical (unpaired) electrons. The summed E-state index contributed by atoms with van der Waals surface area (Å²) in [4.78, 5) is 0. The van der Waals surface area contributed by atoms with Gasteiger partial charge in [0, 0.05) is 26.2 Å². The van der Waals surface area contributed by atoms with Crippen molar-refractivity contribution in [1.29, 1.82) is 0 Å². The lowest BCUT2D eigenvalue weighted by Gasteiger charge is -2.10. The first-order chi connectivity index (χ1) is 11.7. The van der Waals surface area contributed by atoms with Gasteiger partial charge in [-0.1, -0.05) is 0 Å². The van der Waals surface area contributed by atoms with Crippen molar-refractivity contribution >= 4 is 59.5 Å². The topological polar surface area (TPSA) is 72.2 Å². The van der Waals surface area contributed by atoms with E-state index < -0.39 is 0 Å². The standard InChI is InChI=1S/C16H36N6S2.2ClH/c1-3-19-15(23)21-13-7-11-17-9-5-6-10-18-12-8-14-22-16(24)20-4-2;;/h17-18H,3-14H2,1-2H3,(H2,19,21,23)(H2,20,22,24);2*1H. The van der Waals surface area contributed by atoms with Gasteiger partial charge < -0.3 is 31.9 Å². The van der Waals surface area contributed by atoms with Crippen molar-refractivity contribution in [3.05, 3.63) is 0 Å². The van der Waals surface area contributed by atoms with Gasteiger partial charge in [-0.3, -0.25) is 0 Å². The molecule has 0 atom stereocenters. The maximum Gasteiger partial charge on any atom is 0.166 e. The molecule has 0 heterocycles. The quantitative estimate of drug-likeness (QED) is 0.166. The summed E-state index contributed by atoms with van der Waals surface area (Å²) in [5.41, 5.74) is 0. The zero-order valence-electron chi connectivity index (χ0n) is 16.1. The molecule has 0 fully saturated rings. The van der Waals surface area contributed by atoms with Crippen LogP contribution in [0.1, 0.15) is 39.5 Å². The Morgan fingerprint density at radius 3 is 1.23 bits per heavy atom. The van der Waals surface area contributed by atoms with Crippen LogP contribution in [0.2, 0.25) is 0 Å². The van der Waals surface area contributed by atoms with E-state index in [1.807, 2.05) is 13.8 Å². The summed E-state index contributed by atoms with van der Waals surface area (Å²) in [6.07, 6.45) is 4.59. The van der Waals surface area contributed by atoms with E-state index in [0.29, 0.717) is 0 Å². The average Bonchev–Trinajstić information content (AvgIpc) is 2.55. The lowest BCUT2D eigenvalue weighted by atomic mass is 10.3. The van der Waals surface area contributed by atoms with E-state index in [1.54, 1.807) is 0 Å². The van der Waals surface area contributed by atoms with E-state index in [4.69, 9.17) is 24.4 Å². The fraction of sp³-hybridized carbons (Fsp3) is 0.875. The summed E-state index contributed by atoms with van der Waals surface area (Å²) in [6, 6.07) is 0. The first-order valence-electron chi connectivity index (χ1n) is 9.15. The van der Waals surface area contributed by atoms with Crippen molar-refractivity contribution in [3.63, 3.8) is 0 Å². The molecule has 0 rings (SSSR count). The average molecular weight is 450 g/mol. The lowest BCUT2D eigenvalue weighted by Crippen LogP contribution is -2.36. The van der Waals surface area contributed by atoms with Gasteiger partial charge in [0.25, 0.3) is 0 Å². The zero-order valence-corrected chi connectivity index (χ0v) is 19.4. The molecule has 0 aromatic carbocycles. The van der Waals surface area contributed by atoms with Gasteiger partial charge in [0.05, 0.1) is 0 Å². The van der Waals surface area contributed by atoms with Crippen LogP contribution >= 0.6 is 49.2 Å². The van der Waals surface area contributed by atoms with Gasteiger partial charge in [0.15, 0.2) is 10.2 Å². The third-order valence-electron chi connectivity index (χ3n) is 3.26. The molecular weight excluding hydrogens is 411 g/mol. The molecule has 26 heavy (non-hydrogen) atoms. The number of nitrogens with one attached hydrogen (secondary N) is 6. The summed E-state index contributed by atoms with van der Waals surface area (Å²) in [7, 11) is 0. The first kappa shape index (κ1) is 30.6. The van der Waals surface area contributed by atoms with Crippen molar-refractivity contribution in [2.75, 3.05) is 52.4 Å². The number of hydrogen-bond donors (Lipinski definition) is 6. The van der Waals surface area contributed by atoms with Crippen molar-refractivity contribution in [1.82, 2.24) is 31.9 Å². The Kier molecular flexibility index (Phi) is 29.3. The molecule has 10 heteroatoms. The minimum absolute atomic E-state index is 0. The van der Waals surface area contributed by atoms with Gasteiger partial charge in [-0.2, -0.15) is 0 Å². The molecule has 0 aliphatic rings. The lowest BCUT2D eigenvalue weighted by molar-refractivity contribution is 0.564. The van der Waals surface area contributed by atoms with Crippen LogP contribution in [0.3, 0.4) is 0 Å². The molecule has 0 bridgehead atoms. The third-order valence-corrected chi connectivity index (χ3v) is 3.84. The molecule has 0 unspecified atom stereocenters. The van der Waals surface area contributed by atoms with Crippen molar-refractivity contribution < 1.29 is 0 Å². The molecule has 0 aliphatic heterocycles. The van der Waals surface area contributed by atoms with Crippen molar-refractivity contribution in [3.8, 4) is 0 Å². The van der Waals surface area contributed by atoms with E-state index in [2.05, 4.69) is 31.9 Å². The number of thiocarbonyl (C=S) groups is 2. The molecule has 0 amide bonds. The van der Waals surface area contributed by atoms with E-state index in [0.717, 1.165) is 75.4 Å². The summed E-state index contributed by atoms with van der Waals surface area (Å²) >= 11 is 10.2. The second-order valence-electron chi connectivity index (χ2n) is 5.49. The highest BCUT2D eigenvalue weighted by Crippen LogP contribution is 1.86. The SMILES string of the molecule is CCNC(=S)NCCCNCCCCNCCCNC(=S)NCC.Cl.Cl.